The SMILES string of the molecule is CCCOc1cncc(C(N)C(CC)(CC)OCC)c1. The molecule has 0 aliphatic heterocycles. The van der Waals surface area contributed by atoms with Gasteiger partial charge in [0, 0.05) is 12.8 Å². The van der Waals surface area contributed by atoms with Gasteiger partial charge in [-0.3, -0.25) is 4.98 Å². The number of aromatic nitrogens is 1. The fourth-order valence-corrected chi connectivity index (χ4v) is 2.48. The zero-order valence-corrected chi connectivity index (χ0v) is 13.2. The minimum atomic E-state index is -0.334. The summed E-state index contributed by atoms with van der Waals surface area (Å²) in [6, 6.07) is 1.78. The van der Waals surface area contributed by atoms with Crippen molar-refractivity contribution in [2.24, 2.45) is 5.73 Å². The van der Waals surface area contributed by atoms with Gasteiger partial charge >= 0.3 is 0 Å². The summed E-state index contributed by atoms with van der Waals surface area (Å²) < 4.78 is 11.6. The second kappa shape index (κ2) is 8.22. The third kappa shape index (κ3) is 3.93. The average molecular weight is 280 g/mol. The van der Waals surface area contributed by atoms with E-state index in [4.69, 9.17) is 15.2 Å². The molecule has 0 bridgehead atoms. The second-order valence-corrected chi connectivity index (χ2v) is 4.99. The number of rotatable bonds is 9. The normalized spacial score (nSPS) is 13.2. The lowest BCUT2D eigenvalue weighted by atomic mass is 9.85. The molecule has 4 heteroatoms. The summed E-state index contributed by atoms with van der Waals surface area (Å²) in [5.74, 6) is 0.775. The highest BCUT2D eigenvalue weighted by Crippen LogP contribution is 2.34. The minimum absolute atomic E-state index is 0.199. The Morgan fingerprint density at radius 3 is 2.45 bits per heavy atom. The van der Waals surface area contributed by atoms with Crippen molar-refractivity contribution >= 4 is 0 Å². The van der Waals surface area contributed by atoms with Gasteiger partial charge < -0.3 is 15.2 Å². The highest BCUT2D eigenvalue weighted by atomic mass is 16.5. The van der Waals surface area contributed by atoms with E-state index in [1.54, 1.807) is 6.20 Å². The molecule has 1 aromatic heterocycles. The third-order valence-corrected chi connectivity index (χ3v) is 3.76. The lowest BCUT2D eigenvalue weighted by Gasteiger charge is -2.37. The molecule has 2 N–H and O–H groups in total. The van der Waals surface area contributed by atoms with Crippen molar-refractivity contribution < 1.29 is 9.47 Å². The van der Waals surface area contributed by atoms with Gasteiger partial charge in [0.2, 0.25) is 0 Å². The molecule has 1 atom stereocenters. The van der Waals surface area contributed by atoms with Gasteiger partial charge in [-0.05, 0) is 37.8 Å². The van der Waals surface area contributed by atoms with Gasteiger partial charge in [0.1, 0.15) is 5.75 Å². The van der Waals surface area contributed by atoms with E-state index in [1.165, 1.54) is 0 Å². The van der Waals surface area contributed by atoms with Crippen molar-refractivity contribution in [2.45, 2.75) is 58.6 Å². The van der Waals surface area contributed by atoms with Crippen LogP contribution in [0, 0.1) is 0 Å². The van der Waals surface area contributed by atoms with Crippen LogP contribution in [0.5, 0.6) is 5.75 Å². The molecular weight excluding hydrogens is 252 g/mol. The number of pyridine rings is 1. The Hall–Kier alpha value is -1.13. The first-order chi connectivity index (χ1) is 9.63. The number of hydrogen-bond acceptors (Lipinski definition) is 4. The quantitative estimate of drug-likeness (QED) is 0.752. The fourth-order valence-electron chi connectivity index (χ4n) is 2.48. The lowest BCUT2D eigenvalue weighted by Crippen LogP contribution is -2.43. The lowest BCUT2D eigenvalue weighted by molar-refractivity contribution is -0.0646. The second-order valence-electron chi connectivity index (χ2n) is 4.99. The molecule has 20 heavy (non-hydrogen) atoms. The molecule has 0 spiro atoms. The number of nitrogens with two attached hydrogens (primary N) is 1. The van der Waals surface area contributed by atoms with E-state index < -0.39 is 0 Å². The van der Waals surface area contributed by atoms with Crippen LogP contribution in [-0.2, 0) is 4.74 Å². The summed E-state index contributed by atoms with van der Waals surface area (Å²) >= 11 is 0. The van der Waals surface area contributed by atoms with Crippen molar-refractivity contribution in [1.29, 1.82) is 0 Å². The maximum absolute atomic E-state index is 6.46. The summed E-state index contributed by atoms with van der Waals surface area (Å²) in [6.45, 7) is 9.67. The van der Waals surface area contributed by atoms with Gasteiger partial charge in [0.25, 0.3) is 0 Å². The molecule has 1 unspecified atom stereocenters. The van der Waals surface area contributed by atoms with E-state index in [2.05, 4.69) is 25.8 Å². The highest BCUT2D eigenvalue weighted by Gasteiger charge is 2.35. The van der Waals surface area contributed by atoms with E-state index >= 15 is 0 Å². The predicted molar refractivity (Wildman–Crippen MR) is 81.9 cm³/mol. The molecular formula is C16H28N2O2. The summed E-state index contributed by atoms with van der Waals surface area (Å²) in [7, 11) is 0. The molecule has 0 fully saturated rings. The molecule has 1 heterocycles. The molecule has 1 aromatic rings. The number of nitrogens with zero attached hydrogens (tertiary/aromatic N) is 1. The van der Waals surface area contributed by atoms with Crippen LogP contribution in [0.2, 0.25) is 0 Å². The van der Waals surface area contributed by atoms with E-state index in [9.17, 15) is 0 Å². The van der Waals surface area contributed by atoms with Crippen molar-refractivity contribution in [3.8, 4) is 5.75 Å². The van der Waals surface area contributed by atoms with Crippen molar-refractivity contribution in [2.75, 3.05) is 13.2 Å². The summed E-state index contributed by atoms with van der Waals surface area (Å²) in [5.41, 5.74) is 7.09. The zero-order chi connectivity index (χ0) is 15.0. The Kier molecular flexibility index (Phi) is 6.96. The smallest absolute Gasteiger partial charge is 0.137 e. The number of hydrogen-bond donors (Lipinski definition) is 1. The van der Waals surface area contributed by atoms with Gasteiger partial charge in [-0.25, -0.2) is 0 Å². The van der Waals surface area contributed by atoms with Crippen molar-refractivity contribution in [3.63, 3.8) is 0 Å². The molecule has 0 aliphatic carbocycles. The molecule has 0 aromatic carbocycles. The third-order valence-electron chi connectivity index (χ3n) is 3.76. The molecule has 0 amide bonds. The van der Waals surface area contributed by atoms with Gasteiger partial charge in [0.05, 0.1) is 24.4 Å². The van der Waals surface area contributed by atoms with Gasteiger partial charge in [-0.2, -0.15) is 0 Å². The zero-order valence-electron chi connectivity index (χ0n) is 13.2. The van der Waals surface area contributed by atoms with Gasteiger partial charge in [-0.1, -0.05) is 20.8 Å². The first-order valence-electron chi connectivity index (χ1n) is 7.60. The summed E-state index contributed by atoms with van der Waals surface area (Å²) in [6.07, 6.45) is 6.26. The Morgan fingerprint density at radius 2 is 1.90 bits per heavy atom. The Morgan fingerprint density at radius 1 is 1.20 bits per heavy atom. The van der Waals surface area contributed by atoms with Crippen LogP contribution in [0.25, 0.3) is 0 Å². The van der Waals surface area contributed by atoms with Crippen LogP contribution in [0.1, 0.15) is 58.6 Å². The monoisotopic (exact) mass is 280 g/mol. The Bertz CT molecular complexity index is 392. The van der Waals surface area contributed by atoms with Crippen LogP contribution < -0.4 is 10.5 Å². The maximum atomic E-state index is 6.46. The summed E-state index contributed by atoms with van der Waals surface area (Å²) in [4.78, 5) is 4.24. The largest absolute Gasteiger partial charge is 0.492 e. The molecule has 4 nitrogen and oxygen atoms in total. The first-order valence-corrected chi connectivity index (χ1v) is 7.60. The predicted octanol–water partition coefficient (Wildman–Crippen LogP) is 3.47. The molecule has 0 saturated carbocycles. The van der Waals surface area contributed by atoms with E-state index in [1.807, 2.05) is 19.2 Å². The van der Waals surface area contributed by atoms with Crippen LogP contribution in [0.4, 0.5) is 0 Å². The molecule has 114 valence electrons. The van der Waals surface area contributed by atoms with Crippen molar-refractivity contribution in [1.82, 2.24) is 4.98 Å². The minimum Gasteiger partial charge on any atom is -0.492 e. The maximum Gasteiger partial charge on any atom is 0.137 e. The highest BCUT2D eigenvalue weighted by molar-refractivity contribution is 5.27. The van der Waals surface area contributed by atoms with Gasteiger partial charge in [-0.15, -0.1) is 0 Å². The van der Waals surface area contributed by atoms with E-state index in [0.29, 0.717) is 13.2 Å². The van der Waals surface area contributed by atoms with Crippen LogP contribution in [0.15, 0.2) is 18.5 Å². The van der Waals surface area contributed by atoms with E-state index in [-0.39, 0.29) is 11.6 Å². The number of ether oxygens (including phenoxy) is 2. The van der Waals surface area contributed by atoms with E-state index in [0.717, 1.165) is 30.6 Å². The van der Waals surface area contributed by atoms with Crippen LogP contribution in [-0.4, -0.2) is 23.8 Å². The fraction of sp³-hybridized carbons (Fsp3) is 0.688. The molecule has 0 aliphatic rings. The average Bonchev–Trinajstić information content (AvgIpc) is 2.50. The first kappa shape index (κ1) is 16.9. The van der Waals surface area contributed by atoms with Crippen LogP contribution >= 0.6 is 0 Å². The van der Waals surface area contributed by atoms with Gasteiger partial charge in [0.15, 0.2) is 0 Å². The van der Waals surface area contributed by atoms with Crippen molar-refractivity contribution in [3.05, 3.63) is 24.0 Å². The topological polar surface area (TPSA) is 57.4 Å². The Labute approximate surface area is 122 Å². The summed E-state index contributed by atoms with van der Waals surface area (Å²) in [5, 5.41) is 0. The van der Waals surface area contributed by atoms with Crippen LogP contribution in [0.3, 0.4) is 0 Å². The molecule has 0 radical (unpaired) electrons. The molecule has 1 rings (SSSR count). The molecule has 0 saturated heterocycles. The standard InChI is InChI=1S/C16H28N2O2/c1-5-9-19-14-10-13(11-18-12-14)15(17)16(6-2,7-3)20-8-4/h10-12,15H,5-9,17H2,1-4H3. The Balaban J connectivity index is 2.96.